The molecule has 0 spiro atoms. The summed E-state index contributed by atoms with van der Waals surface area (Å²) in [5.74, 6) is -1.91. The summed E-state index contributed by atoms with van der Waals surface area (Å²) in [5, 5.41) is 0. The lowest BCUT2D eigenvalue weighted by Gasteiger charge is -2.12. The number of anilines is 1. The number of aromatic nitrogens is 2. The van der Waals surface area contributed by atoms with Crippen LogP contribution in [0, 0.1) is 5.82 Å². The van der Waals surface area contributed by atoms with Crippen molar-refractivity contribution in [1.82, 2.24) is 9.97 Å². The Labute approximate surface area is 116 Å². The molecular weight excluding hydrogens is 294 g/mol. The monoisotopic (exact) mass is 303 g/mol. The summed E-state index contributed by atoms with van der Waals surface area (Å²) in [7, 11) is 1.27. The third-order valence-corrected chi connectivity index (χ3v) is 2.46. The highest BCUT2D eigenvalue weighted by atomic mass is 19.4. The van der Waals surface area contributed by atoms with E-state index in [4.69, 9.17) is 15.2 Å². The Morgan fingerprint density at radius 2 is 1.90 bits per heavy atom. The highest BCUT2D eigenvalue weighted by Gasteiger charge is 2.34. The Morgan fingerprint density at radius 1 is 1.19 bits per heavy atom. The fraction of sp³-hybridized carbons (Fsp3) is 0.167. The van der Waals surface area contributed by atoms with Gasteiger partial charge in [0, 0.05) is 0 Å². The van der Waals surface area contributed by atoms with Gasteiger partial charge in [0.25, 0.3) is 5.88 Å². The van der Waals surface area contributed by atoms with Crippen LogP contribution in [0.15, 0.2) is 24.5 Å². The third kappa shape index (κ3) is 3.12. The van der Waals surface area contributed by atoms with Gasteiger partial charge in [-0.15, -0.1) is 0 Å². The fourth-order valence-corrected chi connectivity index (χ4v) is 1.53. The van der Waals surface area contributed by atoms with Gasteiger partial charge in [-0.05, 0) is 18.2 Å². The van der Waals surface area contributed by atoms with Crippen molar-refractivity contribution >= 4 is 5.82 Å². The average Bonchev–Trinajstić information content (AvgIpc) is 2.40. The molecule has 5 nitrogen and oxygen atoms in total. The van der Waals surface area contributed by atoms with Crippen LogP contribution in [0.25, 0.3) is 0 Å². The Balaban J connectivity index is 2.39. The number of nitrogens with zero attached hydrogens (tertiary/aromatic N) is 2. The van der Waals surface area contributed by atoms with Gasteiger partial charge in [0.15, 0.2) is 5.82 Å². The summed E-state index contributed by atoms with van der Waals surface area (Å²) in [6, 6.07) is 2.20. The summed E-state index contributed by atoms with van der Waals surface area (Å²) in [6.45, 7) is 0. The van der Waals surface area contributed by atoms with Gasteiger partial charge in [-0.25, -0.2) is 9.37 Å². The lowest BCUT2D eigenvalue weighted by Crippen LogP contribution is -2.08. The van der Waals surface area contributed by atoms with Crippen LogP contribution in [0.4, 0.5) is 23.4 Å². The summed E-state index contributed by atoms with van der Waals surface area (Å²) in [6.07, 6.45) is -3.78. The molecule has 0 saturated heterocycles. The van der Waals surface area contributed by atoms with Crippen LogP contribution in [0.3, 0.4) is 0 Å². The first-order chi connectivity index (χ1) is 9.82. The molecule has 0 fully saturated rings. The van der Waals surface area contributed by atoms with Crippen molar-refractivity contribution in [3.05, 3.63) is 35.9 Å². The first kappa shape index (κ1) is 14.8. The van der Waals surface area contributed by atoms with Crippen LogP contribution in [0.2, 0.25) is 0 Å². The van der Waals surface area contributed by atoms with E-state index in [1.165, 1.54) is 7.11 Å². The normalized spacial score (nSPS) is 11.3. The van der Waals surface area contributed by atoms with Gasteiger partial charge in [0.2, 0.25) is 5.75 Å². The molecule has 0 unspecified atom stereocenters. The van der Waals surface area contributed by atoms with Crippen molar-refractivity contribution in [3.63, 3.8) is 0 Å². The predicted molar refractivity (Wildman–Crippen MR) is 64.5 cm³/mol. The number of hydrogen-bond donors (Lipinski definition) is 1. The first-order valence-electron chi connectivity index (χ1n) is 5.52. The van der Waals surface area contributed by atoms with Crippen LogP contribution in [-0.4, -0.2) is 17.1 Å². The van der Waals surface area contributed by atoms with Crippen LogP contribution >= 0.6 is 0 Å². The molecule has 1 aromatic carbocycles. The van der Waals surface area contributed by atoms with E-state index in [9.17, 15) is 17.6 Å². The van der Waals surface area contributed by atoms with Gasteiger partial charge in [0.05, 0.1) is 12.7 Å². The van der Waals surface area contributed by atoms with E-state index in [2.05, 4.69) is 9.97 Å². The molecule has 2 aromatic rings. The number of rotatable bonds is 3. The Bertz CT molecular complexity index is 661. The minimum absolute atomic E-state index is 0.0321. The highest BCUT2D eigenvalue weighted by Crippen LogP contribution is 2.36. The molecule has 0 amide bonds. The second-order valence-electron chi connectivity index (χ2n) is 3.84. The van der Waals surface area contributed by atoms with E-state index in [-0.39, 0.29) is 23.2 Å². The fourth-order valence-electron chi connectivity index (χ4n) is 1.53. The van der Waals surface area contributed by atoms with Crippen molar-refractivity contribution in [2.24, 2.45) is 0 Å². The second kappa shape index (κ2) is 5.43. The molecular formula is C12H9F4N3O2. The molecule has 0 saturated carbocycles. The van der Waals surface area contributed by atoms with Crippen LogP contribution in [-0.2, 0) is 6.18 Å². The standard InChI is InChI=1S/C12H9F4N3O2/c1-20-9-10(17)18-5-19-11(9)21-6-2-3-8(13)7(4-6)12(14,15)16/h2-5H,1H3,(H2,17,18,19). The van der Waals surface area contributed by atoms with Crippen molar-refractivity contribution in [3.8, 4) is 17.4 Å². The molecule has 0 aliphatic rings. The van der Waals surface area contributed by atoms with Gasteiger partial charge < -0.3 is 15.2 Å². The highest BCUT2D eigenvalue weighted by molar-refractivity contribution is 5.52. The smallest absolute Gasteiger partial charge is 0.419 e. The number of nitrogens with two attached hydrogens (primary N) is 1. The Hall–Kier alpha value is -2.58. The minimum atomic E-state index is -4.84. The van der Waals surface area contributed by atoms with Gasteiger partial charge in [-0.2, -0.15) is 18.2 Å². The topological polar surface area (TPSA) is 70.3 Å². The number of hydrogen-bond acceptors (Lipinski definition) is 5. The number of benzene rings is 1. The van der Waals surface area contributed by atoms with E-state index in [0.29, 0.717) is 12.1 Å². The van der Waals surface area contributed by atoms with Gasteiger partial charge >= 0.3 is 6.18 Å². The molecule has 0 atom stereocenters. The van der Waals surface area contributed by atoms with Crippen LogP contribution in [0.1, 0.15) is 5.56 Å². The molecule has 0 bridgehead atoms. The van der Waals surface area contributed by atoms with Crippen molar-refractivity contribution in [1.29, 1.82) is 0 Å². The zero-order valence-corrected chi connectivity index (χ0v) is 10.6. The number of nitrogen functional groups attached to an aromatic ring is 1. The number of ether oxygens (including phenoxy) is 2. The molecule has 2 N–H and O–H groups in total. The summed E-state index contributed by atoms with van der Waals surface area (Å²) in [5.41, 5.74) is 4.07. The molecule has 9 heteroatoms. The Kier molecular flexibility index (Phi) is 3.83. The Morgan fingerprint density at radius 3 is 2.52 bits per heavy atom. The SMILES string of the molecule is COc1c(N)ncnc1Oc1ccc(F)c(C(F)(F)F)c1. The third-order valence-electron chi connectivity index (χ3n) is 2.46. The maximum atomic E-state index is 13.2. The molecule has 2 rings (SSSR count). The molecule has 1 heterocycles. The summed E-state index contributed by atoms with van der Waals surface area (Å²) >= 11 is 0. The maximum Gasteiger partial charge on any atom is 0.419 e. The van der Waals surface area contributed by atoms with E-state index in [1.807, 2.05) is 0 Å². The molecule has 0 aliphatic heterocycles. The van der Waals surface area contributed by atoms with E-state index >= 15 is 0 Å². The van der Waals surface area contributed by atoms with Crippen molar-refractivity contribution in [2.45, 2.75) is 6.18 Å². The average molecular weight is 303 g/mol. The van der Waals surface area contributed by atoms with Gasteiger partial charge in [-0.1, -0.05) is 0 Å². The minimum Gasteiger partial charge on any atom is -0.489 e. The van der Waals surface area contributed by atoms with E-state index in [1.54, 1.807) is 0 Å². The molecule has 21 heavy (non-hydrogen) atoms. The molecule has 0 aliphatic carbocycles. The lowest BCUT2D eigenvalue weighted by atomic mass is 10.2. The number of alkyl halides is 3. The van der Waals surface area contributed by atoms with Crippen LogP contribution < -0.4 is 15.2 Å². The molecule has 112 valence electrons. The van der Waals surface area contributed by atoms with Gasteiger partial charge in [-0.3, -0.25) is 0 Å². The van der Waals surface area contributed by atoms with Crippen LogP contribution in [0.5, 0.6) is 17.4 Å². The first-order valence-corrected chi connectivity index (χ1v) is 5.52. The van der Waals surface area contributed by atoms with Crippen molar-refractivity contribution in [2.75, 3.05) is 12.8 Å². The second-order valence-corrected chi connectivity index (χ2v) is 3.84. The van der Waals surface area contributed by atoms with Gasteiger partial charge in [0.1, 0.15) is 17.9 Å². The summed E-state index contributed by atoms with van der Waals surface area (Å²) < 4.78 is 61.0. The summed E-state index contributed by atoms with van der Waals surface area (Å²) in [4.78, 5) is 7.35. The number of halogens is 4. The van der Waals surface area contributed by atoms with E-state index in [0.717, 1.165) is 12.4 Å². The van der Waals surface area contributed by atoms with Crippen molar-refractivity contribution < 1.29 is 27.0 Å². The molecule has 0 radical (unpaired) electrons. The lowest BCUT2D eigenvalue weighted by molar-refractivity contribution is -0.140. The predicted octanol–water partition coefficient (Wildman–Crippen LogP) is 3.02. The largest absolute Gasteiger partial charge is 0.489 e. The zero-order valence-electron chi connectivity index (χ0n) is 10.6. The zero-order chi connectivity index (χ0) is 15.6. The number of methoxy groups -OCH3 is 1. The quantitative estimate of drug-likeness (QED) is 0.883. The molecule has 1 aromatic heterocycles. The maximum absolute atomic E-state index is 13.2. The van der Waals surface area contributed by atoms with E-state index < -0.39 is 17.6 Å².